The summed E-state index contributed by atoms with van der Waals surface area (Å²) in [5.74, 6) is -1.24. The summed E-state index contributed by atoms with van der Waals surface area (Å²) in [6.45, 7) is 1.93. The Balaban J connectivity index is 2.93. The maximum absolute atomic E-state index is 13.9. The van der Waals surface area contributed by atoms with Crippen LogP contribution in [0.5, 0.6) is 0 Å². The molecule has 0 radical (unpaired) electrons. The van der Waals surface area contributed by atoms with Gasteiger partial charge in [0.15, 0.2) is 0 Å². The molecule has 0 aliphatic carbocycles. The SMILES string of the molecule is CSCC(C)N(C)C(=O)c1ccc(/C=C/C(=O)O)c(F)c1. The summed E-state index contributed by atoms with van der Waals surface area (Å²) in [7, 11) is 1.68. The van der Waals surface area contributed by atoms with Gasteiger partial charge in [-0.1, -0.05) is 6.07 Å². The molecular formula is C15H18FNO3S. The van der Waals surface area contributed by atoms with Crippen molar-refractivity contribution in [3.05, 3.63) is 41.2 Å². The van der Waals surface area contributed by atoms with Crippen molar-refractivity contribution in [3.8, 4) is 0 Å². The Kier molecular flexibility index (Phi) is 6.42. The smallest absolute Gasteiger partial charge is 0.328 e. The minimum absolute atomic E-state index is 0.0437. The van der Waals surface area contributed by atoms with Crippen molar-refractivity contribution < 1.29 is 19.1 Å². The average Bonchev–Trinajstić information content (AvgIpc) is 2.44. The van der Waals surface area contributed by atoms with Crippen LogP contribution in [0.2, 0.25) is 0 Å². The molecule has 21 heavy (non-hydrogen) atoms. The van der Waals surface area contributed by atoms with Crippen molar-refractivity contribution in [2.75, 3.05) is 19.1 Å². The molecule has 0 saturated heterocycles. The highest BCUT2D eigenvalue weighted by atomic mass is 32.2. The number of carbonyl (C=O) groups excluding carboxylic acids is 1. The number of nitrogens with zero attached hydrogens (tertiary/aromatic N) is 1. The van der Waals surface area contributed by atoms with E-state index >= 15 is 0 Å². The van der Waals surface area contributed by atoms with Crippen molar-refractivity contribution in [3.63, 3.8) is 0 Å². The highest BCUT2D eigenvalue weighted by molar-refractivity contribution is 7.98. The Hall–Kier alpha value is -1.82. The summed E-state index contributed by atoms with van der Waals surface area (Å²) in [4.78, 5) is 24.2. The van der Waals surface area contributed by atoms with E-state index in [0.717, 1.165) is 24.0 Å². The van der Waals surface area contributed by atoms with Crippen LogP contribution in [0.25, 0.3) is 6.08 Å². The topological polar surface area (TPSA) is 57.6 Å². The van der Waals surface area contributed by atoms with Crippen LogP contribution in [0.15, 0.2) is 24.3 Å². The van der Waals surface area contributed by atoms with Crippen LogP contribution in [0.1, 0.15) is 22.8 Å². The zero-order chi connectivity index (χ0) is 16.0. The summed E-state index contributed by atoms with van der Waals surface area (Å²) in [5.41, 5.74) is 0.379. The lowest BCUT2D eigenvalue weighted by Crippen LogP contribution is -2.36. The number of carboxylic acid groups (broad SMARTS) is 1. The zero-order valence-corrected chi connectivity index (χ0v) is 13.0. The number of hydrogen-bond acceptors (Lipinski definition) is 3. The highest BCUT2D eigenvalue weighted by Gasteiger charge is 2.18. The first-order valence-electron chi connectivity index (χ1n) is 6.33. The number of benzene rings is 1. The first kappa shape index (κ1) is 17.2. The minimum atomic E-state index is -1.15. The van der Waals surface area contributed by atoms with Gasteiger partial charge < -0.3 is 10.0 Å². The second-order valence-corrected chi connectivity index (χ2v) is 5.54. The van der Waals surface area contributed by atoms with Gasteiger partial charge in [-0.15, -0.1) is 0 Å². The molecule has 0 aliphatic heterocycles. The van der Waals surface area contributed by atoms with E-state index in [-0.39, 0.29) is 23.1 Å². The molecule has 1 aromatic rings. The summed E-state index contributed by atoms with van der Waals surface area (Å²) in [5, 5.41) is 8.52. The zero-order valence-electron chi connectivity index (χ0n) is 12.2. The van der Waals surface area contributed by atoms with E-state index in [0.29, 0.717) is 0 Å². The van der Waals surface area contributed by atoms with Gasteiger partial charge in [-0.25, -0.2) is 9.18 Å². The van der Waals surface area contributed by atoms with Gasteiger partial charge in [0.1, 0.15) is 5.82 Å². The molecule has 1 aromatic carbocycles. The summed E-state index contributed by atoms with van der Waals surface area (Å²) >= 11 is 1.63. The molecule has 0 heterocycles. The Bertz CT molecular complexity index is 560. The number of rotatable bonds is 6. The predicted octanol–water partition coefficient (Wildman–Crippen LogP) is 2.75. The van der Waals surface area contributed by atoms with Crippen molar-refractivity contribution >= 4 is 29.7 Å². The number of carboxylic acids is 1. The summed E-state index contributed by atoms with van der Waals surface area (Å²) < 4.78 is 13.9. The van der Waals surface area contributed by atoms with Crippen molar-refractivity contribution in [1.29, 1.82) is 0 Å². The van der Waals surface area contributed by atoms with E-state index in [2.05, 4.69) is 0 Å². The molecule has 0 fully saturated rings. The quantitative estimate of drug-likeness (QED) is 0.821. The normalized spacial score (nSPS) is 12.4. The van der Waals surface area contributed by atoms with E-state index in [9.17, 15) is 14.0 Å². The molecule has 4 nitrogen and oxygen atoms in total. The van der Waals surface area contributed by atoms with E-state index < -0.39 is 11.8 Å². The fourth-order valence-electron chi connectivity index (χ4n) is 1.71. The lowest BCUT2D eigenvalue weighted by Gasteiger charge is -2.24. The fourth-order valence-corrected chi connectivity index (χ4v) is 2.42. The van der Waals surface area contributed by atoms with Crippen LogP contribution in [0, 0.1) is 5.82 Å². The highest BCUT2D eigenvalue weighted by Crippen LogP contribution is 2.15. The van der Waals surface area contributed by atoms with Crippen LogP contribution in [0.4, 0.5) is 4.39 Å². The second-order valence-electron chi connectivity index (χ2n) is 4.63. The van der Waals surface area contributed by atoms with Gasteiger partial charge in [0.25, 0.3) is 5.91 Å². The number of halogens is 1. The largest absolute Gasteiger partial charge is 0.478 e. The van der Waals surface area contributed by atoms with E-state index in [1.807, 2.05) is 13.2 Å². The molecule has 6 heteroatoms. The monoisotopic (exact) mass is 311 g/mol. The Morgan fingerprint density at radius 1 is 1.48 bits per heavy atom. The molecule has 0 bridgehead atoms. The predicted molar refractivity (Wildman–Crippen MR) is 83.0 cm³/mol. The average molecular weight is 311 g/mol. The van der Waals surface area contributed by atoms with Crippen molar-refractivity contribution in [1.82, 2.24) is 4.90 Å². The molecule has 0 saturated carbocycles. The number of aliphatic carboxylic acids is 1. The van der Waals surface area contributed by atoms with E-state index in [4.69, 9.17) is 5.11 Å². The standard InChI is InChI=1S/C15H18FNO3S/c1-10(9-21-3)17(2)15(20)12-5-4-11(13(16)8-12)6-7-14(18)19/h4-8,10H,9H2,1-3H3,(H,18,19)/b7-6+. The van der Waals surface area contributed by atoms with Gasteiger partial charge in [0.05, 0.1) is 0 Å². The van der Waals surface area contributed by atoms with Crippen LogP contribution in [-0.4, -0.2) is 47.0 Å². The van der Waals surface area contributed by atoms with Gasteiger partial charge in [0, 0.05) is 36.0 Å². The maximum Gasteiger partial charge on any atom is 0.328 e. The Morgan fingerprint density at radius 3 is 2.67 bits per heavy atom. The number of thioether (sulfide) groups is 1. The summed E-state index contributed by atoms with van der Waals surface area (Å²) in [6.07, 6.45) is 3.97. The van der Waals surface area contributed by atoms with Crippen LogP contribution < -0.4 is 0 Å². The number of amides is 1. The summed E-state index contributed by atoms with van der Waals surface area (Å²) in [6, 6.07) is 4.07. The third-order valence-corrected chi connectivity index (χ3v) is 3.86. The van der Waals surface area contributed by atoms with Gasteiger partial charge in [0.2, 0.25) is 0 Å². The lowest BCUT2D eigenvalue weighted by molar-refractivity contribution is -0.131. The van der Waals surface area contributed by atoms with Crippen LogP contribution in [-0.2, 0) is 4.79 Å². The number of hydrogen-bond donors (Lipinski definition) is 1. The molecule has 1 unspecified atom stereocenters. The number of carbonyl (C=O) groups is 2. The molecule has 0 spiro atoms. The molecule has 1 N–H and O–H groups in total. The molecular weight excluding hydrogens is 293 g/mol. The van der Waals surface area contributed by atoms with Gasteiger partial charge in [-0.2, -0.15) is 11.8 Å². The maximum atomic E-state index is 13.9. The van der Waals surface area contributed by atoms with Gasteiger partial charge in [-0.3, -0.25) is 4.79 Å². The first-order valence-corrected chi connectivity index (χ1v) is 7.72. The Morgan fingerprint density at radius 2 is 2.14 bits per heavy atom. The molecule has 0 aliphatic rings. The third-order valence-electron chi connectivity index (χ3n) is 3.04. The van der Waals surface area contributed by atoms with Crippen molar-refractivity contribution in [2.24, 2.45) is 0 Å². The fraction of sp³-hybridized carbons (Fsp3) is 0.333. The van der Waals surface area contributed by atoms with Crippen LogP contribution >= 0.6 is 11.8 Å². The van der Waals surface area contributed by atoms with Crippen molar-refractivity contribution in [2.45, 2.75) is 13.0 Å². The molecule has 114 valence electrons. The van der Waals surface area contributed by atoms with Crippen LogP contribution in [0.3, 0.4) is 0 Å². The van der Waals surface area contributed by atoms with E-state index in [1.54, 1.807) is 23.7 Å². The lowest BCUT2D eigenvalue weighted by atomic mass is 10.1. The molecule has 0 aromatic heterocycles. The third kappa shape index (κ3) is 4.90. The second kappa shape index (κ2) is 7.83. The first-order chi connectivity index (χ1) is 9.86. The molecule has 1 rings (SSSR count). The molecule has 1 atom stereocenters. The molecule has 1 amide bonds. The van der Waals surface area contributed by atoms with E-state index in [1.165, 1.54) is 12.1 Å². The van der Waals surface area contributed by atoms with Gasteiger partial charge in [-0.05, 0) is 31.4 Å². The minimum Gasteiger partial charge on any atom is -0.478 e. The Labute approximate surface area is 127 Å². The van der Waals surface area contributed by atoms with Gasteiger partial charge >= 0.3 is 5.97 Å².